The zero-order chi connectivity index (χ0) is 31.2. The van der Waals surface area contributed by atoms with Crippen molar-refractivity contribution >= 4 is 34.3 Å². The van der Waals surface area contributed by atoms with Crippen molar-refractivity contribution in [2.24, 2.45) is 5.92 Å². The van der Waals surface area contributed by atoms with E-state index in [1.165, 1.54) is 0 Å². The fraction of sp³-hybridized carbons (Fsp3) is 0.278. The Kier molecular flexibility index (Phi) is 9.38. The number of ketones is 1. The average Bonchev–Trinajstić information content (AvgIpc) is 3.05. The van der Waals surface area contributed by atoms with Gasteiger partial charge in [-0.25, -0.2) is 0 Å². The minimum absolute atomic E-state index is 0.0628. The zero-order valence-corrected chi connectivity index (χ0v) is 25.0. The van der Waals surface area contributed by atoms with E-state index in [2.05, 4.69) is 5.32 Å². The zero-order valence-electron chi connectivity index (χ0n) is 25.0. The van der Waals surface area contributed by atoms with Gasteiger partial charge in [-0.15, -0.1) is 0 Å². The molecule has 0 aliphatic carbocycles. The molecule has 2 N–H and O–H groups in total. The molecule has 1 aliphatic rings. The van der Waals surface area contributed by atoms with Gasteiger partial charge >= 0.3 is 0 Å². The summed E-state index contributed by atoms with van der Waals surface area (Å²) < 4.78 is 0. The van der Waals surface area contributed by atoms with E-state index in [9.17, 15) is 24.3 Å². The highest BCUT2D eigenvalue weighted by molar-refractivity contribution is 6.07. The van der Waals surface area contributed by atoms with Crippen LogP contribution in [0.3, 0.4) is 0 Å². The van der Waals surface area contributed by atoms with E-state index in [1.807, 2.05) is 49.4 Å². The Morgan fingerprint density at radius 3 is 2.30 bits per heavy atom. The summed E-state index contributed by atoms with van der Waals surface area (Å²) >= 11 is 0. The summed E-state index contributed by atoms with van der Waals surface area (Å²) in [4.78, 5) is 57.5. The number of phenolic OH excluding ortho intramolecular Hbond substituents is 1. The number of nitrogens with zero attached hydrogens (tertiary/aromatic N) is 2. The van der Waals surface area contributed by atoms with Gasteiger partial charge in [0.2, 0.25) is 5.91 Å². The van der Waals surface area contributed by atoms with E-state index in [0.29, 0.717) is 24.0 Å². The third-order valence-corrected chi connectivity index (χ3v) is 8.46. The lowest BCUT2D eigenvalue weighted by Gasteiger charge is -2.39. The first-order valence-corrected chi connectivity index (χ1v) is 15.0. The van der Waals surface area contributed by atoms with Crippen LogP contribution in [-0.2, 0) is 16.0 Å². The number of rotatable bonds is 7. The Morgan fingerprint density at radius 1 is 0.864 bits per heavy atom. The van der Waals surface area contributed by atoms with Gasteiger partial charge in [0.15, 0.2) is 5.78 Å². The number of aromatic hydroxyl groups is 1. The monoisotopic (exact) mass is 591 g/mol. The predicted octanol–water partition coefficient (Wildman–Crippen LogP) is 4.85. The summed E-state index contributed by atoms with van der Waals surface area (Å²) in [5.74, 6) is -1.51. The van der Waals surface area contributed by atoms with E-state index >= 15 is 0 Å². The lowest BCUT2D eigenvalue weighted by atomic mass is 9.95. The van der Waals surface area contributed by atoms with Crippen LogP contribution < -0.4 is 5.32 Å². The lowest BCUT2D eigenvalue weighted by molar-refractivity contribution is -0.143. The standard InChI is InChI=1S/C36H37N3O5/c1-24-19-20-38(25(2)33(41)23-39(24)35(43)28-10-4-3-5-11-28)36(44)29(21-26-15-17-30(40)18-16-26)22-37-34(42)32-14-8-12-27-9-6-7-13-31(27)32/h3-18,24-25,29,40H,19-23H2,1-2H3,(H,37,42)/t24-,25?,29?/m0/s1. The minimum atomic E-state index is -0.753. The quantitative estimate of drug-likeness (QED) is 0.320. The number of fused-ring (bicyclic) bond motifs is 1. The Labute approximate surface area is 257 Å². The Bertz CT molecular complexity index is 1650. The average molecular weight is 592 g/mol. The van der Waals surface area contributed by atoms with Gasteiger partial charge in [-0.05, 0) is 73.4 Å². The van der Waals surface area contributed by atoms with Crippen LogP contribution in [-0.4, -0.2) is 70.1 Å². The van der Waals surface area contributed by atoms with E-state index in [1.54, 1.807) is 71.3 Å². The number of hydrogen-bond donors (Lipinski definition) is 2. The molecule has 1 saturated heterocycles. The second kappa shape index (κ2) is 13.5. The molecule has 44 heavy (non-hydrogen) atoms. The van der Waals surface area contributed by atoms with Crippen molar-refractivity contribution in [1.82, 2.24) is 15.1 Å². The summed E-state index contributed by atoms with van der Waals surface area (Å²) in [5.41, 5.74) is 1.86. The Hall–Kier alpha value is -4.98. The maximum atomic E-state index is 14.2. The van der Waals surface area contributed by atoms with Crippen LogP contribution in [0.15, 0.2) is 97.1 Å². The van der Waals surface area contributed by atoms with Gasteiger partial charge in [0, 0.05) is 30.3 Å². The van der Waals surface area contributed by atoms with Crippen molar-refractivity contribution in [3.63, 3.8) is 0 Å². The molecule has 0 saturated carbocycles. The number of hydrogen-bond acceptors (Lipinski definition) is 5. The third kappa shape index (κ3) is 6.80. The Morgan fingerprint density at radius 2 is 1.55 bits per heavy atom. The summed E-state index contributed by atoms with van der Waals surface area (Å²) in [7, 11) is 0. The molecule has 0 aromatic heterocycles. The number of nitrogens with one attached hydrogen (secondary N) is 1. The first kappa shape index (κ1) is 30.5. The molecule has 0 spiro atoms. The smallest absolute Gasteiger partial charge is 0.254 e. The second-order valence-electron chi connectivity index (χ2n) is 11.4. The Balaban J connectivity index is 1.36. The van der Waals surface area contributed by atoms with Crippen molar-refractivity contribution in [2.45, 2.75) is 38.8 Å². The van der Waals surface area contributed by atoms with Crippen LogP contribution >= 0.6 is 0 Å². The normalized spacial score (nSPS) is 17.9. The van der Waals surface area contributed by atoms with Crippen molar-refractivity contribution in [3.8, 4) is 5.75 Å². The highest BCUT2D eigenvalue weighted by Crippen LogP contribution is 2.22. The number of carbonyl (C=O) groups excluding carboxylic acids is 4. The van der Waals surface area contributed by atoms with Crippen molar-refractivity contribution in [2.75, 3.05) is 19.6 Å². The first-order valence-electron chi connectivity index (χ1n) is 15.0. The summed E-state index contributed by atoms with van der Waals surface area (Å²) in [6, 6.07) is 27.7. The van der Waals surface area contributed by atoms with Gasteiger partial charge in [-0.1, -0.05) is 66.7 Å². The fourth-order valence-corrected chi connectivity index (χ4v) is 5.76. The minimum Gasteiger partial charge on any atom is -0.508 e. The molecule has 5 rings (SSSR count). The number of amides is 3. The van der Waals surface area contributed by atoms with Crippen LogP contribution in [0, 0.1) is 5.92 Å². The molecule has 1 fully saturated rings. The topological polar surface area (TPSA) is 107 Å². The van der Waals surface area contributed by atoms with Crippen LogP contribution in [0.25, 0.3) is 10.8 Å². The molecule has 0 radical (unpaired) electrons. The van der Waals surface area contributed by atoms with Gasteiger partial charge in [0.05, 0.1) is 18.5 Å². The number of Topliss-reactive ketones (excluding diaryl/α,β-unsaturated/α-hetero) is 1. The molecule has 2 unspecified atom stereocenters. The summed E-state index contributed by atoms with van der Waals surface area (Å²) in [6.45, 7) is 3.85. The van der Waals surface area contributed by atoms with E-state index in [-0.39, 0.29) is 54.9 Å². The van der Waals surface area contributed by atoms with Crippen LogP contribution in [0.1, 0.15) is 46.5 Å². The van der Waals surface area contributed by atoms with Gasteiger partial charge in [0.1, 0.15) is 5.75 Å². The lowest BCUT2D eigenvalue weighted by Crippen LogP contribution is -2.55. The van der Waals surface area contributed by atoms with E-state index in [0.717, 1.165) is 16.3 Å². The van der Waals surface area contributed by atoms with Crippen LogP contribution in [0.2, 0.25) is 0 Å². The van der Waals surface area contributed by atoms with Crippen molar-refractivity contribution in [1.29, 1.82) is 0 Å². The molecule has 1 aliphatic heterocycles. The molecule has 4 aromatic rings. The van der Waals surface area contributed by atoms with Crippen molar-refractivity contribution < 1.29 is 24.3 Å². The third-order valence-electron chi connectivity index (χ3n) is 8.46. The molecule has 3 atom stereocenters. The van der Waals surface area contributed by atoms with Gasteiger partial charge in [-0.3, -0.25) is 19.2 Å². The fourth-order valence-electron chi connectivity index (χ4n) is 5.76. The highest BCUT2D eigenvalue weighted by Gasteiger charge is 2.36. The van der Waals surface area contributed by atoms with Gasteiger partial charge in [-0.2, -0.15) is 0 Å². The number of benzene rings is 4. The highest BCUT2D eigenvalue weighted by atomic mass is 16.3. The second-order valence-corrected chi connectivity index (χ2v) is 11.4. The van der Waals surface area contributed by atoms with Crippen LogP contribution in [0.5, 0.6) is 5.75 Å². The predicted molar refractivity (Wildman–Crippen MR) is 169 cm³/mol. The van der Waals surface area contributed by atoms with Crippen molar-refractivity contribution in [3.05, 3.63) is 114 Å². The molecule has 1 heterocycles. The largest absolute Gasteiger partial charge is 0.508 e. The maximum Gasteiger partial charge on any atom is 0.254 e. The SMILES string of the molecule is CC1C(=O)CN(C(=O)c2ccccc2)[C@@H](C)CCN1C(=O)C(CNC(=O)c1cccc2ccccc12)Cc1ccc(O)cc1. The summed E-state index contributed by atoms with van der Waals surface area (Å²) in [6.07, 6.45) is 0.802. The molecule has 0 bridgehead atoms. The molecule has 3 amide bonds. The molecule has 226 valence electrons. The molecule has 4 aromatic carbocycles. The number of carbonyl (C=O) groups is 4. The maximum absolute atomic E-state index is 14.2. The molecule has 8 heteroatoms. The molecular formula is C36H37N3O5. The number of phenols is 1. The summed E-state index contributed by atoms with van der Waals surface area (Å²) in [5, 5.41) is 14.5. The van der Waals surface area contributed by atoms with E-state index in [4.69, 9.17) is 0 Å². The first-order chi connectivity index (χ1) is 21.2. The van der Waals surface area contributed by atoms with E-state index < -0.39 is 12.0 Å². The van der Waals surface area contributed by atoms with Gasteiger partial charge < -0.3 is 20.2 Å². The van der Waals surface area contributed by atoms with Gasteiger partial charge in [0.25, 0.3) is 11.8 Å². The molecular weight excluding hydrogens is 554 g/mol. The van der Waals surface area contributed by atoms with Crippen LogP contribution in [0.4, 0.5) is 0 Å². The molecule has 8 nitrogen and oxygen atoms in total.